The van der Waals surface area contributed by atoms with Gasteiger partial charge in [0.25, 0.3) is 0 Å². The Hall–Kier alpha value is -1.10. The van der Waals surface area contributed by atoms with Crippen LogP contribution in [0.3, 0.4) is 0 Å². The summed E-state index contributed by atoms with van der Waals surface area (Å²) in [6.45, 7) is 0. The number of aromatic nitrogens is 2. The summed E-state index contributed by atoms with van der Waals surface area (Å²) in [5.41, 5.74) is 2.44. The van der Waals surface area contributed by atoms with Crippen LogP contribution in [0.15, 0.2) is 40.9 Å². The van der Waals surface area contributed by atoms with Gasteiger partial charge < -0.3 is 0 Å². The van der Waals surface area contributed by atoms with Gasteiger partial charge in [-0.3, -0.25) is 4.57 Å². The van der Waals surface area contributed by atoms with E-state index < -0.39 is 0 Å². The van der Waals surface area contributed by atoms with Gasteiger partial charge >= 0.3 is 0 Å². The third kappa shape index (κ3) is 2.80. The third-order valence-electron chi connectivity index (χ3n) is 3.15. The summed E-state index contributed by atoms with van der Waals surface area (Å²) in [5.74, 6) is 0.880. The normalized spacial score (nSPS) is 11.2. The number of nitrogens with zero attached hydrogens (tertiary/aromatic N) is 2. The average Bonchev–Trinajstić information content (AvgIpc) is 2.76. The molecule has 0 N–H and O–H groups in total. The molecule has 0 atom stereocenters. The Labute approximate surface area is 139 Å². The molecule has 108 valence electrons. The molecule has 0 saturated carbocycles. The summed E-state index contributed by atoms with van der Waals surface area (Å²) in [6.07, 6.45) is 0.599. The van der Waals surface area contributed by atoms with Gasteiger partial charge in [-0.1, -0.05) is 27.5 Å². The lowest BCUT2D eigenvalue weighted by atomic mass is 10.2. The van der Waals surface area contributed by atoms with Crippen LogP contribution in [0.2, 0.25) is 5.02 Å². The van der Waals surface area contributed by atoms with Crippen molar-refractivity contribution in [1.82, 2.24) is 9.55 Å². The number of fused-ring (bicyclic) bond motifs is 1. The molecule has 2 nitrogen and oxygen atoms in total. The van der Waals surface area contributed by atoms with E-state index in [1.807, 2.05) is 22.8 Å². The first-order valence-electron chi connectivity index (χ1n) is 6.28. The molecule has 1 heterocycles. The van der Waals surface area contributed by atoms with Crippen molar-refractivity contribution >= 4 is 50.2 Å². The zero-order chi connectivity index (χ0) is 15.0. The number of rotatable bonds is 3. The molecular weight excluding hydrogens is 378 g/mol. The Morgan fingerprint density at radius 3 is 2.71 bits per heavy atom. The molecule has 0 aliphatic carbocycles. The van der Waals surface area contributed by atoms with Crippen LogP contribution in [-0.4, -0.2) is 15.4 Å². The number of hydrogen-bond acceptors (Lipinski definition) is 1. The van der Waals surface area contributed by atoms with Crippen LogP contribution in [0.5, 0.6) is 0 Å². The molecule has 0 saturated heterocycles. The summed E-state index contributed by atoms with van der Waals surface area (Å²) in [7, 11) is 0. The Morgan fingerprint density at radius 2 is 2.00 bits per heavy atom. The summed E-state index contributed by atoms with van der Waals surface area (Å²) < 4.78 is 16.1. The van der Waals surface area contributed by atoms with E-state index >= 15 is 0 Å². The van der Waals surface area contributed by atoms with E-state index in [4.69, 9.17) is 23.2 Å². The highest BCUT2D eigenvalue weighted by Gasteiger charge is 2.15. The number of hydrogen-bond donors (Lipinski definition) is 0. The van der Waals surface area contributed by atoms with Gasteiger partial charge in [0.2, 0.25) is 0 Å². The Balaban J connectivity index is 2.30. The number of alkyl halides is 1. The van der Waals surface area contributed by atoms with E-state index in [-0.39, 0.29) is 5.82 Å². The van der Waals surface area contributed by atoms with E-state index in [2.05, 4.69) is 20.9 Å². The maximum atomic E-state index is 13.3. The highest BCUT2D eigenvalue weighted by atomic mass is 79.9. The van der Waals surface area contributed by atoms with Gasteiger partial charge in [-0.2, -0.15) is 0 Å². The van der Waals surface area contributed by atoms with Crippen LogP contribution in [0, 0.1) is 5.82 Å². The van der Waals surface area contributed by atoms with E-state index in [9.17, 15) is 4.39 Å². The first-order valence-corrected chi connectivity index (χ1v) is 7.99. The monoisotopic (exact) mass is 386 g/mol. The van der Waals surface area contributed by atoms with Crippen molar-refractivity contribution in [2.75, 3.05) is 5.88 Å². The molecule has 0 radical (unpaired) electrons. The molecular formula is C15H10BrCl2FN2. The van der Waals surface area contributed by atoms with Crippen LogP contribution in [0.4, 0.5) is 4.39 Å². The second-order valence-corrected chi connectivity index (χ2v) is 6.23. The smallest absolute Gasteiger partial charge is 0.124 e. The topological polar surface area (TPSA) is 17.8 Å². The minimum atomic E-state index is -0.366. The lowest BCUT2D eigenvalue weighted by molar-refractivity contribution is 0.627. The summed E-state index contributed by atoms with van der Waals surface area (Å²) in [4.78, 5) is 4.60. The largest absolute Gasteiger partial charge is 0.295 e. The van der Waals surface area contributed by atoms with E-state index in [0.717, 1.165) is 21.3 Å². The average molecular weight is 388 g/mol. The highest BCUT2D eigenvalue weighted by Crippen LogP contribution is 2.29. The predicted octanol–water partition coefficient (Wildman–Crippen LogP) is 5.36. The number of benzene rings is 2. The highest BCUT2D eigenvalue weighted by molar-refractivity contribution is 9.10. The second-order valence-electron chi connectivity index (χ2n) is 4.53. The fourth-order valence-electron chi connectivity index (χ4n) is 2.29. The van der Waals surface area contributed by atoms with Gasteiger partial charge in [0, 0.05) is 16.8 Å². The molecule has 0 amide bonds. The molecule has 0 bridgehead atoms. The summed E-state index contributed by atoms with van der Waals surface area (Å²) in [5, 5.41) is 0.341. The van der Waals surface area contributed by atoms with E-state index in [1.54, 1.807) is 6.07 Å². The van der Waals surface area contributed by atoms with Crippen LogP contribution >= 0.6 is 39.1 Å². The van der Waals surface area contributed by atoms with Crippen LogP contribution < -0.4 is 0 Å². The Bertz CT molecular complexity index is 817. The summed E-state index contributed by atoms with van der Waals surface area (Å²) in [6, 6.07) is 10.1. The number of aryl methyl sites for hydroxylation is 1. The van der Waals surface area contributed by atoms with Crippen molar-refractivity contribution in [1.29, 1.82) is 0 Å². The molecule has 0 aliphatic heterocycles. The predicted molar refractivity (Wildman–Crippen MR) is 88.2 cm³/mol. The van der Waals surface area contributed by atoms with Crippen molar-refractivity contribution in [3.8, 4) is 5.69 Å². The van der Waals surface area contributed by atoms with Crippen LogP contribution in [0.1, 0.15) is 5.82 Å². The maximum Gasteiger partial charge on any atom is 0.124 e. The van der Waals surface area contributed by atoms with Gasteiger partial charge in [-0.05, 0) is 36.4 Å². The van der Waals surface area contributed by atoms with Crippen molar-refractivity contribution in [3.63, 3.8) is 0 Å². The molecule has 6 heteroatoms. The first-order chi connectivity index (χ1) is 10.1. The van der Waals surface area contributed by atoms with E-state index in [0.29, 0.717) is 23.0 Å². The molecule has 2 aromatic carbocycles. The quantitative estimate of drug-likeness (QED) is 0.553. The Morgan fingerprint density at radius 1 is 1.19 bits per heavy atom. The first kappa shape index (κ1) is 14.8. The zero-order valence-corrected chi connectivity index (χ0v) is 13.9. The molecule has 1 aromatic heterocycles. The second kappa shape index (κ2) is 5.95. The van der Waals surface area contributed by atoms with Crippen LogP contribution in [-0.2, 0) is 6.42 Å². The lowest BCUT2D eigenvalue weighted by Crippen LogP contribution is -2.03. The van der Waals surface area contributed by atoms with Gasteiger partial charge in [-0.25, -0.2) is 9.37 Å². The molecule has 0 fully saturated rings. The third-order valence-corrected chi connectivity index (χ3v) is 4.14. The van der Waals surface area contributed by atoms with Crippen molar-refractivity contribution in [3.05, 3.63) is 57.5 Å². The van der Waals surface area contributed by atoms with Gasteiger partial charge in [0.15, 0.2) is 0 Å². The Kier molecular flexibility index (Phi) is 4.20. The molecule has 3 rings (SSSR count). The minimum absolute atomic E-state index is 0.341. The van der Waals surface area contributed by atoms with Crippen molar-refractivity contribution in [2.45, 2.75) is 6.42 Å². The lowest BCUT2D eigenvalue weighted by Gasteiger charge is -2.10. The molecule has 0 spiro atoms. The minimum Gasteiger partial charge on any atom is -0.295 e. The van der Waals surface area contributed by atoms with E-state index in [1.165, 1.54) is 12.1 Å². The molecule has 21 heavy (non-hydrogen) atoms. The molecule has 3 aromatic rings. The van der Waals surface area contributed by atoms with Gasteiger partial charge in [-0.15, -0.1) is 11.6 Å². The number of imidazole rings is 1. The number of halogens is 4. The summed E-state index contributed by atoms with van der Waals surface area (Å²) >= 11 is 15.5. The van der Waals surface area contributed by atoms with Crippen molar-refractivity contribution in [2.24, 2.45) is 0 Å². The SMILES string of the molecule is Fc1ccc(-n2c(CCCl)nc3cc(Br)ccc32)c(Cl)c1. The van der Waals surface area contributed by atoms with Crippen LogP contribution in [0.25, 0.3) is 16.7 Å². The van der Waals surface area contributed by atoms with Gasteiger partial charge in [0.05, 0.1) is 21.7 Å². The fourth-order valence-corrected chi connectivity index (χ4v) is 3.06. The van der Waals surface area contributed by atoms with Gasteiger partial charge in [0.1, 0.15) is 11.6 Å². The maximum absolute atomic E-state index is 13.3. The molecule has 0 aliphatic rings. The van der Waals surface area contributed by atoms with Crippen molar-refractivity contribution < 1.29 is 4.39 Å². The standard InChI is InChI=1S/C15H10BrCl2FN2/c16-9-1-3-14-12(7-9)20-15(5-6-17)21(14)13-4-2-10(19)8-11(13)18/h1-4,7-8H,5-6H2. The fraction of sp³-hybridized carbons (Fsp3) is 0.133. The zero-order valence-electron chi connectivity index (χ0n) is 10.8. The molecule has 0 unspecified atom stereocenters.